The van der Waals surface area contributed by atoms with Crippen LogP contribution in [0.15, 0.2) is 42.5 Å². The summed E-state index contributed by atoms with van der Waals surface area (Å²) in [7, 11) is 0. The van der Waals surface area contributed by atoms with Gasteiger partial charge in [0.25, 0.3) is 5.69 Å². The van der Waals surface area contributed by atoms with Crippen molar-refractivity contribution < 1.29 is 9.72 Å². The van der Waals surface area contributed by atoms with Crippen LogP contribution in [0.1, 0.15) is 5.56 Å². The summed E-state index contributed by atoms with van der Waals surface area (Å²) in [6, 6.07) is 11.1. The number of carbonyl (C=O) groups is 1. The molecule has 2 amide bonds. The number of carbonyl (C=O) groups excluding carboxylic acids is 1. The number of amides is 2. The van der Waals surface area contributed by atoms with Gasteiger partial charge in [0.05, 0.1) is 15.1 Å². The minimum absolute atomic E-state index is 0.00879. The topological polar surface area (TPSA) is 123 Å². The molecule has 0 atom stereocenters. The van der Waals surface area contributed by atoms with Crippen LogP contribution < -0.4 is 16.4 Å². The van der Waals surface area contributed by atoms with Gasteiger partial charge in [-0.2, -0.15) is 0 Å². The summed E-state index contributed by atoms with van der Waals surface area (Å²) >= 11 is 1.18. The third kappa shape index (κ3) is 3.58. The molecule has 1 heterocycles. The Morgan fingerprint density at radius 1 is 1.25 bits per heavy atom. The molecule has 0 aliphatic rings. The monoisotopic (exact) mass is 343 g/mol. The molecule has 0 radical (unpaired) electrons. The molecule has 4 N–H and O–H groups in total. The van der Waals surface area contributed by atoms with E-state index in [2.05, 4.69) is 15.6 Å². The van der Waals surface area contributed by atoms with Gasteiger partial charge in [0.1, 0.15) is 0 Å². The van der Waals surface area contributed by atoms with E-state index >= 15 is 0 Å². The van der Waals surface area contributed by atoms with Gasteiger partial charge in [0, 0.05) is 24.4 Å². The summed E-state index contributed by atoms with van der Waals surface area (Å²) in [4.78, 5) is 26.4. The molecule has 0 spiro atoms. The molecule has 1 aromatic heterocycles. The third-order valence-corrected chi connectivity index (χ3v) is 4.17. The van der Waals surface area contributed by atoms with Crippen LogP contribution in [-0.4, -0.2) is 15.9 Å². The molecule has 0 unspecified atom stereocenters. The number of rotatable bonds is 4. The number of nitrogens with one attached hydrogen (secondary N) is 2. The fourth-order valence-electron chi connectivity index (χ4n) is 2.04. The van der Waals surface area contributed by atoms with Crippen molar-refractivity contribution in [3.8, 4) is 0 Å². The molecule has 0 aliphatic heterocycles. The summed E-state index contributed by atoms with van der Waals surface area (Å²) < 4.78 is 0.637. The average molecular weight is 343 g/mol. The Morgan fingerprint density at radius 3 is 2.71 bits per heavy atom. The number of anilines is 2. The second kappa shape index (κ2) is 6.50. The lowest BCUT2D eigenvalue weighted by molar-refractivity contribution is -0.384. The predicted molar refractivity (Wildman–Crippen MR) is 93.0 cm³/mol. The van der Waals surface area contributed by atoms with E-state index < -0.39 is 11.0 Å². The standard InChI is InChI=1S/C15H13N5O3S/c16-10-3-1-9(2-4-10)8-17-14(21)19-15-18-12-6-5-11(20(22)23)7-13(12)24-15/h1-7H,8,16H2,(H2,17,18,19,21). The summed E-state index contributed by atoms with van der Waals surface area (Å²) in [5.74, 6) is 0. The number of urea groups is 1. The molecular formula is C15H13N5O3S. The van der Waals surface area contributed by atoms with E-state index in [-0.39, 0.29) is 5.69 Å². The van der Waals surface area contributed by atoms with Gasteiger partial charge in [-0.25, -0.2) is 9.78 Å². The van der Waals surface area contributed by atoms with Crippen molar-refractivity contribution in [1.82, 2.24) is 10.3 Å². The van der Waals surface area contributed by atoms with Crippen LogP contribution >= 0.6 is 11.3 Å². The van der Waals surface area contributed by atoms with Crippen LogP contribution in [0, 0.1) is 10.1 Å². The van der Waals surface area contributed by atoms with Gasteiger partial charge in [-0.05, 0) is 23.8 Å². The number of thiazole rings is 1. The minimum Gasteiger partial charge on any atom is -0.399 e. The SMILES string of the molecule is Nc1ccc(CNC(=O)Nc2nc3ccc([N+](=O)[O-])cc3s2)cc1. The number of nitrogen functional groups attached to an aromatic ring is 1. The fourth-order valence-corrected chi connectivity index (χ4v) is 2.93. The van der Waals surface area contributed by atoms with Crippen molar-refractivity contribution in [2.24, 2.45) is 0 Å². The van der Waals surface area contributed by atoms with Crippen molar-refractivity contribution in [2.45, 2.75) is 6.54 Å². The Labute approximate surface area is 140 Å². The Morgan fingerprint density at radius 2 is 2.00 bits per heavy atom. The van der Waals surface area contributed by atoms with Crippen molar-refractivity contribution in [3.05, 3.63) is 58.1 Å². The van der Waals surface area contributed by atoms with Crippen LogP contribution in [-0.2, 0) is 6.54 Å². The highest BCUT2D eigenvalue weighted by molar-refractivity contribution is 7.22. The van der Waals surface area contributed by atoms with Crippen LogP contribution in [0.5, 0.6) is 0 Å². The lowest BCUT2D eigenvalue weighted by Gasteiger charge is -2.05. The molecule has 24 heavy (non-hydrogen) atoms. The molecule has 122 valence electrons. The van der Waals surface area contributed by atoms with E-state index in [9.17, 15) is 14.9 Å². The highest BCUT2D eigenvalue weighted by Gasteiger charge is 2.11. The molecule has 0 fully saturated rings. The molecule has 9 heteroatoms. The quantitative estimate of drug-likeness (QED) is 0.381. The number of hydrogen-bond donors (Lipinski definition) is 3. The highest BCUT2D eigenvalue weighted by Crippen LogP contribution is 2.29. The molecule has 3 aromatic rings. The van der Waals surface area contributed by atoms with Crippen molar-refractivity contribution >= 4 is 44.1 Å². The van der Waals surface area contributed by atoms with Gasteiger partial charge in [0.2, 0.25) is 0 Å². The Hall–Kier alpha value is -3.20. The van der Waals surface area contributed by atoms with Crippen molar-refractivity contribution in [3.63, 3.8) is 0 Å². The Kier molecular flexibility index (Phi) is 4.25. The van der Waals surface area contributed by atoms with Crippen LogP contribution in [0.25, 0.3) is 10.2 Å². The molecule has 3 rings (SSSR count). The predicted octanol–water partition coefficient (Wildman–Crippen LogP) is 3.11. The van der Waals surface area contributed by atoms with Crippen molar-refractivity contribution in [2.75, 3.05) is 11.1 Å². The van der Waals surface area contributed by atoms with Crippen LogP contribution in [0.3, 0.4) is 0 Å². The van der Waals surface area contributed by atoms with E-state index in [0.717, 1.165) is 5.56 Å². The van der Waals surface area contributed by atoms with E-state index in [4.69, 9.17) is 5.73 Å². The normalized spacial score (nSPS) is 10.5. The molecule has 0 saturated heterocycles. The van der Waals surface area contributed by atoms with E-state index in [1.807, 2.05) is 12.1 Å². The molecular weight excluding hydrogens is 330 g/mol. The number of nitro groups is 1. The lowest BCUT2D eigenvalue weighted by Crippen LogP contribution is -2.28. The number of fused-ring (bicyclic) bond motifs is 1. The first-order chi connectivity index (χ1) is 11.5. The first-order valence-electron chi connectivity index (χ1n) is 6.95. The largest absolute Gasteiger partial charge is 0.399 e. The van der Waals surface area contributed by atoms with Gasteiger partial charge < -0.3 is 11.1 Å². The van der Waals surface area contributed by atoms with E-state index in [0.29, 0.717) is 27.6 Å². The number of non-ortho nitro benzene ring substituents is 1. The second-order valence-electron chi connectivity index (χ2n) is 4.98. The maximum Gasteiger partial charge on any atom is 0.321 e. The summed E-state index contributed by atoms with van der Waals surface area (Å²) in [6.45, 7) is 0.350. The minimum atomic E-state index is -0.467. The van der Waals surface area contributed by atoms with Crippen molar-refractivity contribution in [1.29, 1.82) is 0 Å². The zero-order chi connectivity index (χ0) is 17.1. The number of nitrogens with zero attached hydrogens (tertiary/aromatic N) is 2. The third-order valence-electron chi connectivity index (χ3n) is 3.24. The number of benzene rings is 2. The second-order valence-corrected chi connectivity index (χ2v) is 6.01. The zero-order valence-electron chi connectivity index (χ0n) is 12.4. The summed E-state index contributed by atoms with van der Waals surface area (Å²) in [5, 5.41) is 16.5. The summed E-state index contributed by atoms with van der Waals surface area (Å²) in [6.07, 6.45) is 0. The Balaban J connectivity index is 1.64. The average Bonchev–Trinajstić information content (AvgIpc) is 2.95. The van der Waals surface area contributed by atoms with Gasteiger partial charge in [-0.3, -0.25) is 15.4 Å². The number of hydrogen-bond acceptors (Lipinski definition) is 6. The van der Waals surface area contributed by atoms with Crippen LogP contribution in [0.2, 0.25) is 0 Å². The highest BCUT2D eigenvalue weighted by atomic mass is 32.1. The number of nitrogens with two attached hydrogens (primary N) is 1. The zero-order valence-corrected chi connectivity index (χ0v) is 13.2. The molecule has 0 aliphatic carbocycles. The van der Waals surface area contributed by atoms with E-state index in [1.165, 1.54) is 23.5 Å². The molecule has 2 aromatic carbocycles. The number of nitro benzene ring substituents is 1. The molecule has 0 bridgehead atoms. The maximum absolute atomic E-state index is 11.9. The van der Waals surface area contributed by atoms with Gasteiger partial charge >= 0.3 is 6.03 Å². The smallest absolute Gasteiger partial charge is 0.321 e. The Bertz CT molecular complexity index is 907. The van der Waals surface area contributed by atoms with Gasteiger partial charge in [0.15, 0.2) is 5.13 Å². The van der Waals surface area contributed by atoms with Gasteiger partial charge in [-0.15, -0.1) is 0 Å². The fraction of sp³-hybridized carbons (Fsp3) is 0.0667. The first-order valence-corrected chi connectivity index (χ1v) is 7.77. The molecule has 0 saturated carbocycles. The molecule has 8 nitrogen and oxygen atoms in total. The van der Waals surface area contributed by atoms with Gasteiger partial charge in [-0.1, -0.05) is 23.5 Å². The lowest BCUT2D eigenvalue weighted by atomic mass is 10.2. The van der Waals surface area contributed by atoms with Crippen LogP contribution in [0.4, 0.5) is 21.3 Å². The maximum atomic E-state index is 11.9. The first kappa shape index (κ1) is 15.7. The summed E-state index contributed by atoms with van der Waals surface area (Å²) in [5.41, 5.74) is 7.77. The number of aromatic nitrogens is 1. The van der Waals surface area contributed by atoms with E-state index in [1.54, 1.807) is 18.2 Å².